The van der Waals surface area contributed by atoms with Gasteiger partial charge in [-0.1, -0.05) is 42.8 Å². The largest absolute Gasteiger partial charge is 0.450 e. The highest BCUT2D eigenvalue weighted by atomic mass is 16.3. The monoisotopic (exact) mass is 390 g/mol. The van der Waals surface area contributed by atoms with Crippen LogP contribution in [0.5, 0.6) is 0 Å². The maximum absolute atomic E-state index is 13.5. The Balaban J connectivity index is 1.93. The van der Waals surface area contributed by atoms with Crippen LogP contribution in [0.1, 0.15) is 45.8 Å². The number of hydrogen-bond acceptors (Lipinski definition) is 4. The number of amides is 1. The molecule has 5 nitrogen and oxygen atoms in total. The van der Waals surface area contributed by atoms with Gasteiger partial charge in [-0.2, -0.15) is 0 Å². The fourth-order valence-corrected chi connectivity index (χ4v) is 3.92. The molecule has 150 valence electrons. The highest BCUT2D eigenvalue weighted by Crippen LogP contribution is 2.38. The number of fused-ring (bicyclic) bond motifs is 2. The van der Waals surface area contributed by atoms with E-state index in [1.54, 1.807) is 11.0 Å². The van der Waals surface area contributed by atoms with Crippen molar-refractivity contribution in [3.8, 4) is 0 Å². The molecule has 3 aromatic rings. The molecule has 0 spiro atoms. The summed E-state index contributed by atoms with van der Waals surface area (Å²) >= 11 is 0. The first-order valence-corrected chi connectivity index (χ1v) is 10.0. The Labute approximate surface area is 170 Å². The van der Waals surface area contributed by atoms with E-state index in [9.17, 15) is 9.59 Å². The van der Waals surface area contributed by atoms with E-state index in [2.05, 4.69) is 6.92 Å². The van der Waals surface area contributed by atoms with Crippen molar-refractivity contribution in [3.63, 3.8) is 0 Å². The third-order valence-corrected chi connectivity index (χ3v) is 5.62. The van der Waals surface area contributed by atoms with Crippen LogP contribution in [-0.4, -0.2) is 42.9 Å². The van der Waals surface area contributed by atoms with E-state index in [0.29, 0.717) is 29.6 Å². The normalized spacial score (nSPS) is 16.1. The van der Waals surface area contributed by atoms with Gasteiger partial charge >= 0.3 is 0 Å². The third-order valence-electron chi connectivity index (χ3n) is 5.62. The van der Waals surface area contributed by atoms with Crippen LogP contribution in [0.3, 0.4) is 0 Å². The first-order valence-electron chi connectivity index (χ1n) is 10.0. The summed E-state index contributed by atoms with van der Waals surface area (Å²) in [4.78, 5) is 30.6. The van der Waals surface area contributed by atoms with Gasteiger partial charge in [-0.25, -0.2) is 0 Å². The van der Waals surface area contributed by atoms with Crippen LogP contribution in [0.2, 0.25) is 0 Å². The van der Waals surface area contributed by atoms with Crippen molar-refractivity contribution in [2.45, 2.75) is 26.3 Å². The number of nitrogens with zero attached hydrogens (tertiary/aromatic N) is 2. The summed E-state index contributed by atoms with van der Waals surface area (Å²) in [5.41, 5.74) is 3.96. The first kappa shape index (κ1) is 19.4. The molecule has 29 heavy (non-hydrogen) atoms. The Morgan fingerprint density at radius 3 is 2.45 bits per heavy atom. The molecule has 0 N–H and O–H groups in total. The maximum atomic E-state index is 13.5. The summed E-state index contributed by atoms with van der Waals surface area (Å²) in [6, 6.07) is 13.2. The van der Waals surface area contributed by atoms with Crippen molar-refractivity contribution < 1.29 is 9.21 Å². The summed E-state index contributed by atoms with van der Waals surface area (Å²) < 4.78 is 6.00. The van der Waals surface area contributed by atoms with E-state index in [1.165, 1.54) is 0 Å². The second-order valence-corrected chi connectivity index (χ2v) is 7.97. The predicted molar refractivity (Wildman–Crippen MR) is 114 cm³/mol. The molecule has 2 aromatic carbocycles. The van der Waals surface area contributed by atoms with Crippen molar-refractivity contribution in [1.29, 1.82) is 0 Å². The molecule has 0 fully saturated rings. The maximum Gasteiger partial charge on any atom is 0.290 e. The highest BCUT2D eigenvalue weighted by Gasteiger charge is 2.42. The average molecular weight is 390 g/mol. The Bertz CT molecular complexity index is 1130. The van der Waals surface area contributed by atoms with Gasteiger partial charge in [0.15, 0.2) is 5.43 Å². The molecule has 0 bridgehead atoms. The number of rotatable bonds is 5. The van der Waals surface area contributed by atoms with Crippen molar-refractivity contribution >= 4 is 16.9 Å². The van der Waals surface area contributed by atoms with Crippen LogP contribution in [-0.2, 0) is 6.42 Å². The van der Waals surface area contributed by atoms with Crippen LogP contribution in [0.25, 0.3) is 11.0 Å². The fraction of sp³-hybridized carbons (Fsp3) is 0.333. The smallest absolute Gasteiger partial charge is 0.290 e. The van der Waals surface area contributed by atoms with Gasteiger partial charge in [0.2, 0.25) is 5.76 Å². The molecular formula is C24H26N2O3. The lowest BCUT2D eigenvalue weighted by atomic mass is 9.97. The molecule has 1 aromatic heterocycles. The lowest BCUT2D eigenvalue weighted by Gasteiger charge is -2.26. The minimum absolute atomic E-state index is 0.108. The molecule has 2 heterocycles. The minimum Gasteiger partial charge on any atom is -0.450 e. The Morgan fingerprint density at radius 2 is 1.79 bits per heavy atom. The topological polar surface area (TPSA) is 53.8 Å². The standard InChI is InChI=1S/C24H26N2O3/c1-5-16-8-11-19-18(14-16)22(27)20-21(17-9-6-15(2)7-10-17)26(13-12-25(3)4)24(28)23(20)29-19/h6-11,14,21H,5,12-13H2,1-4H3. The Hall–Kier alpha value is -2.92. The Morgan fingerprint density at radius 1 is 1.07 bits per heavy atom. The van der Waals surface area contributed by atoms with E-state index in [4.69, 9.17) is 4.42 Å². The molecule has 1 aliphatic rings. The first-order chi connectivity index (χ1) is 13.9. The molecule has 1 atom stereocenters. The predicted octanol–water partition coefficient (Wildman–Crippen LogP) is 3.77. The fourth-order valence-electron chi connectivity index (χ4n) is 3.92. The van der Waals surface area contributed by atoms with Crippen molar-refractivity contribution in [2.75, 3.05) is 27.2 Å². The van der Waals surface area contributed by atoms with E-state index in [1.807, 2.05) is 62.3 Å². The molecule has 1 aliphatic heterocycles. The van der Waals surface area contributed by atoms with Crippen LogP contribution in [0.15, 0.2) is 51.7 Å². The molecule has 0 aliphatic carbocycles. The van der Waals surface area contributed by atoms with Gasteiger partial charge in [0, 0.05) is 13.1 Å². The third kappa shape index (κ3) is 3.36. The van der Waals surface area contributed by atoms with Gasteiger partial charge in [0.25, 0.3) is 5.91 Å². The molecule has 0 saturated heterocycles. The summed E-state index contributed by atoms with van der Waals surface area (Å²) in [5, 5.41) is 0.544. The van der Waals surface area contributed by atoms with Gasteiger partial charge in [0.05, 0.1) is 17.0 Å². The molecule has 0 radical (unpaired) electrons. The summed E-state index contributed by atoms with van der Waals surface area (Å²) in [6.45, 7) is 5.30. The average Bonchev–Trinajstić information content (AvgIpc) is 2.99. The number of likely N-dealkylation sites (N-methyl/N-ethyl adjacent to an activating group) is 1. The van der Waals surface area contributed by atoms with E-state index < -0.39 is 6.04 Å². The van der Waals surface area contributed by atoms with E-state index in [0.717, 1.165) is 23.1 Å². The number of carbonyl (C=O) groups is 1. The second kappa shape index (κ2) is 7.48. The van der Waals surface area contributed by atoms with E-state index >= 15 is 0 Å². The van der Waals surface area contributed by atoms with Gasteiger partial charge < -0.3 is 14.2 Å². The molecule has 5 heteroatoms. The molecule has 4 rings (SSSR count). The molecule has 0 saturated carbocycles. The number of carbonyl (C=O) groups excluding carboxylic acids is 1. The van der Waals surface area contributed by atoms with Crippen LogP contribution < -0.4 is 5.43 Å². The van der Waals surface area contributed by atoms with Gasteiger partial charge in [0.1, 0.15) is 5.58 Å². The molecule has 1 unspecified atom stereocenters. The summed E-state index contributed by atoms with van der Waals surface area (Å²) in [7, 11) is 3.94. The number of aryl methyl sites for hydroxylation is 2. The van der Waals surface area contributed by atoms with Crippen molar-refractivity contribution in [2.24, 2.45) is 0 Å². The van der Waals surface area contributed by atoms with Gasteiger partial charge in [-0.05, 0) is 50.7 Å². The summed E-state index contributed by atoms with van der Waals surface area (Å²) in [6.07, 6.45) is 0.835. The van der Waals surface area contributed by atoms with Gasteiger partial charge in [-0.15, -0.1) is 0 Å². The van der Waals surface area contributed by atoms with Crippen molar-refractivity contribution in [1.82, 2.24) is 9.80 Å². The molecule has 1 amide bonds. The number of hydrogen-bond donors (Lipinski definition) is 0. The number of benzene rings is 2. The zero-order valence-electron chi connectivity index (χ0n) is 17.4. The Kier molecular flexibility index (Phi) is 5.01. The highest BCUT2D eigenvalue weighted by molar-refractivity contribution is 5.99. The molecular weight excluding hydrogens is 364 g/mol. The SMILES string of the molecule is CCc1ccc2oc3c(c(=O)c2c1)C(c1ccc(C)cc1)N(CCN(C)C)C3=O. The second-order valence-electron chi connectivity index (χ2n) is 7.97. The minimum atomic E-state index is -0.427. The zero-order valence-corrected chi connectivity index (χ0v) is 17.4. The van der Waals surface area contributed by atoms with Crippen LogP contribution in [0, 0.1) is 6.92 Å². The van der Waals surface area contributed by atoms with E-state index in [-0.39, 0.29) is 17.1 Å². The lowest BCUT2D eigenvalue weighted by Crippen LogP contribution is -2.35. The van der Waals surface area contributed by atoms with Crippen molar-refractivity contribution in [3.05, 3.63) is 80.7 Å². The quantitative estimate of drug-likeness (QED) is 0.665. The zero-order chi connectivity index (χ0) is 20.7. The summed E-state index contributed by atoms with van der Waals surface area (Å²) in [5.74, 6) is -0.0397. The lowest BCUT2D eigenvalue weighted by molar-refractivity contribution is 0.0716. The van der Waals surface area contributed by atoms with Crippen LogP contribution >= 0.6 is 0 Å². The van der Waals surface area contributed by atoms with Gasteiger partial charge in [-0.3, -0.25) is 9.59 Å². The van der Waals surface area contributed by atoms with Crippen LogP contribution in [0.4, 0.5) is 0 Å².